The molecule has 5 heteroatoms. The number of aromatic carboxylic acids is 1. The van der Waals surface area contributed by atoms with Gasteiger partial charge in [-0.1, -0.05) is 18.2 Å². The highest BCUT2D eigenvalue weighted by atomic mass is 16.4. The predicted molar refractivity (Wildman–Crippen MR) is 69.1 cm³/mol. The molecular weight excluding hydrogens is 242 g/mol. The normalized spacial score (nSPS) is 10.3. The largest absolute Gasteiger partial charge is 0.478 e. The summed E-state index contributed by atoms with van der Waals surface area (Å²) in [7, 11) is 0. The molecule has 0 unspecified atom stereocenters. The van der Waals surface area contributed by atoms with Gasteiger partial charge in [0.25, 0.3) is 0 Å². The molecule has 0 amide bonds. The van der Waals surface area contributed by atoms with Crippen molar-refractivity contribution in [3.8, 4) is 6.07 Å². The Morgan fingerprint density at radius 3 is 2.89 bits per heavy atom. The molecule has 0 fully saturated rings. The predicted octanol–water partition coefficient (Wildman–Crippen LogP) is 2.22. The molecule has 1 heterocycles. The van der Waals surface area contributed by atoms with Crippen molar-refractivity contribution < 1.29 is 9.90 Å². The average Bonchev–Trinajstić information content (AvgIpc) is 2.45. The maximum Gasteiger partial charge on any atom is 0.335 e. The summed E-state index contributed by atoms with van der Waals surface area (Å²) in [6.45, 7) is 0. The SMILES string of the molecule is N#Cc1ccnc(C=Cc2cccc(C(=O)O)c2)n1. The fourth-order valence-corrected chi connectivity index (χ4v) is 1.46. The quantitative estimate of drug-likeness (QED) is 0.903. The second-order valence-corrected chi connectivity index (χ2v) is 3.68. The minimum atomic E-state index is -0.974. The lowest BCUT2D eigenvalue weighted by molar-refractivity contribution is 0.0697. The maximum atomic E-state index is 10.8. The third-order valence-corrected chi connectivity index (χ3v) is 2.35. The molecular formula is C14H9N3O2. The molecule has 5 nitrogen and oxygen atoms in total. The second kappa shape index (κ2) is 5.56. The Balaban J connectivity index is 2.25. The van der Waals surface area contributed by atoms with Gasteiger partial charge in [0, 0.05) is 6.20 Å². The summed E-state index contributed by atoms with van der Waals surface area (Å²) in [5.41, 5.74) is 1.23. The molecule has 0 atom stereocenters. The molecule has 0 aliphatic carbocycles. The van der Waals surface area contributed by atoms with E-state index in [4.69, 9.17) is 10.4 Å². The van der Waals surface area contributed by atoms with E-state index in [1.165, 1.54) is 18.3 Å². The van der Waals surface area contributed by atoms with Crippen LogP contribution in [0.4, 0.5) is 0 Å². The van der Waals surface area contributed by atoms with E-state index >= 15 is 0 Å². The van der Waals surface area contributed by atoms with Gasteiger partial charge in [0.15, 0.2) is 5.82 Å². The van der Waals surface area contributed by atoms with Crippen LogP contribution in [0.1, 0.15) is 27.4 Å². The van der Waals surface area contributed by atoms with E-state index in [2.05, 4.69) is 9.97 Å². The first kappa shape index (κ1) is 12.5. The molecule has 0 radical (unpaired) electrons. The van der Waals surface area contributed by atoms with Gasteiger partial charge in [-0.05, 0) is 29.8 Å². The van der Waals surface area contributed by atoms with Crippen molar-refractivity contribution in [3.63, 3.8) is 0 Å². The van der Waals surface area contributed by atoms with Gasteiger partial charge < -0.3 is 5.11 Å². The number of carboxylic acid groups (broad SMARTS) is 1. The summed E-state index contributed by atoms with van der Waals surface area (Å²) in [4.78, 5) is 18.8. The van der Waals surface area contributed by atoms with Crippen LogP contribution in [-0.4, -0.2) is 21.0 Å². The van der Waals surface area contributed by atoms with Crippen molar-refractivity contribution >= 4 is 18.1 Å². The third-order valence-electron chi connectivity index (χ3n) is 2.35. The van der Waals surface area contributed by atoms with Crippen molar-refractivity contribution in [1.82, 2.24) is 9.97 Å². The van der Waals surface area contributed by atoms with Gasteiger partial charge in [-0.15, -0.1) is 0 Å². The van der Waals surface area contributed by atoms with Gasteiger partial charge in [0.2, 0.25) is 0 Å². The summed E-state index contributed by atoms with van der Waals surface area (Å²) in [5, 5.41) is 17.6. The van der Waals surface area contributed by atoms with Crippen LogP contribution in [-0.2, 0) is 0 Å². The Bertz CT molecular complexity index is 687. The third kappa shape index (κ3) is 3.23. The monoisotopic (exact) mass is 251 g/mol. The van der Waals surface area contributed by atoms with E-state index < -0.39 is 5.97 Å². The lowest BCUT2D eigenvalue weighted by Crippen LogP contribution is -1.95. The molecule has 1 aromatic carbocycles. The maximum absolute atomic E-state index is 10.8. The average molecular weight is 251 g/mol. The molecule has 92 valence electrons. The minimum Gasteiger partial charge on any atom is -0.478 e. The molecule has 0 aliphatic heterocycles. The number of carboxylic acids is 1. The van der Waals surface area contributed by atoms with Crippen LogP contribution in [0.25, 0.3) is 12.2 Å². The summed E-state index contributed by atoms with van der Waals surface area (Å²) in [6.07, 6.45) is 4.82. The van der Waals surface area contributed by atoms with E-state index in [1.54, 1.807) is 30.4 Å². The molecule has 0 bridgehead atoms. The van der Waals surface area contributed by atoms with Gasteiger partial charge in [-0.2, -0.15) is 5.26 Å². The van der Waals surface area contributed by atoms with E-state index in [-0.39, 0.29) is 11.3 Å². The van der Waals surface area contributed by atoms with Crippen molar-refractivity contribution in [2.75, 3.05) is 0 Å². The fraction of sp³-hybridized carbons (Fsp3) is 0. The molecule has 2 aromatic rings. The zero-order valence-electron chi connectivity index (χ0n) is 9.82. The van der Waals surface area contributed by atoms with E-state index in [1.807, 2.05) is 6.07 Å². The highest BCUT2D eigenvalue weighted by Crippen LogP contribution is 2.09. The number of nitrogens with zero attached hydrogens (tertiary/aromatic N) is 3. The second-order valence-electron chi connectivity index (χ2n) is 3.68. The number of carbonyl (C=O) groups is 1. The van der Waals surface area contributed by atoms with Crippen LogP contribution >= 0.6 is 0 Å². The van der Waals surface area contributed by atoms with E-state index in [9.17, 15) is 4.79 Å². The van der Waals surface area contributed by atoms with Crippen molar-refractivity contribution in [1.29, 1.82) is 5.26 Å². The van der Waals surface area contributed by atoms with Crippen LogP contribution in [0.15, 0.2) is 36.5 Å². The Kier molecular flexibility index (Phi) is 3.64. The van der Waals surface area contributed by atoms with Gasteiger partial charge in [0.05, 0.1) is 5.56 Å². The number of benzene rings is 1. The molecule has 0 saturated carbocycles. The Morgan fingerprint density at radius 1 is 1.32 bits per heavy atom. The first-order valence-electron chi connectivity index (χ1n) is 5.43. The number of hydrogen-bond donors (Lipinski definition) is 1. The number of aromatic nitrogens is 2. The van der Waals surface area contributed by atoms with Crippen molar-refractivity contribution in [3.05, 3.63) is 59.2 Å². The zero-order chi connectivity index (χ0) is 13.7. The smallest absolute Gasteiger partial charge is 0.335 e. The Hall–Kier alpha value is -3.00. The first-order valence-corrected chi connectivity index (χ1v) is 5.43. The number of hydrogen-bond acceptors (Lipinski definition) is 4. The topological polar surface area (TPSA) is 86.9 Å². The molecule has 1 aromatic heterocycles. The van der Waals surface area contributed by atoms with Gasteiger partial charge in [-0.3, -0.25) is 0 Å². The zero-order valence-corrected chi connectivity index (χ0v) is 9.82. The molecule has 0 spiro atoms. The molecule has 19 heavy (non-hydrogen) atoms. The standard InChI is InChI=1S/C14H9N3O2/c15-9-12-6-7-16-13(17-12)5-4-10-2-1-3-11(8-10)14(18)19/h1-8H,(H,18,19). The van der Waals surface area contributed by atoms with Crippen LogP contribution in [0.3, 0.4) is 0 Å². The summed E-state index contributed by atoms with van der Waals surface area (Å²) >= 11 is 0. The van der Waals surface area contributed by atoms with Gasteiger partial charge in [0.1, 0.15) is 11.8 Å². The number of rotatable bonds is 3. The van der Waals surface area contributed by atoms with E-state index in [0.29, 0.717) is 5.82 Å². The fourth-order valence-electron chi connectivity index (χ4n) is 1.46. The van der Waals surface area contributed by atoms with Crippen LogP contribution in [0.5, 0.6) is 0 Å². The van der Waals surface area contributed by atoms with Crippen LogP contribution in [0.2, 0.25) is 0 Å². The lowest BCUT2D eigenvalue weighted by Gasteiger charge is -1.97. The lowest BCUT2D eigenvalue weighted by atomic mass is 10.1. The highest BCUT2D eigenvalue weighted by molar-refractivity contribution is 5.88. The minimum absolute atomic E-state index is 0.217. The summed E-state index contributed by atoms with van der Waals surface area (Å²) in [6, 6.07) is 9.95. The van der Waals surface area contributed by atoms with E-state index in [0.717, 1.165) is 5.56 Å². The van der Waals surface area contributed by atoms with Crippen LogP contribution in [0, 0.1) is 11.3 Å². The summed E-state index contributed by atoms with van der Waals surface area (Å²) < 4.78 is 0. The molecule has 2 rings (SSSR count). The highest BCUT2D eigenvalue weighted by Gasteiger charge is 2.01. The molecule has 0 aliphatic rings. The van der Waals surface area contributed by atoms with Crippen LogP contribution < -0.4 is 0 Å². The van der Waals surface area contributed by atoms with Crippen molar-refractivity contribution in [2.24, 2.45) is 0 Å². The van der Waals surface area contributed by atoms with Gasteiger partial charge >= 0.3 is 5.97 Å². The molecule has 1 N–H and O–H groups in total. The molecule has 0 saturated heterocycles. The first-order chi connectivity index (χ1) is 9.19. The Morgan fingerprint density at radius 2 is 2.16 bits per heavy atom. The number of nitriles is 1. The Labute approximate surface area is 109 Å². The van der Waals surface area contributed by atoms with Gasteiger partial charge in [-0.25, -0.2) is 14.8 Å². The van der Waals surface area contributed by atoms with Crippen molar-refractivity contribution in [2.45, 2.75) is 0 Å². The summed E-state index contributed by atoms with van der Waals surface area (Å²) in [5.74, 6) is -0.572.